The molecule has 3 amide bonds. The van der Waals surface area contributed by atoms with E-state index in [2.05, 4.69) is 15.5 Å². The summed E-state index contributed by atoms with van der Waals surface area (Å²) in [4.78, 5) is 38.8. The van der Waals surface area contributed by atoms with Crippen LogP contribution in [-0.2, 0) is 9.47 Å². The second-order valence-electron chi connectivity index (χ2n) is 6.77. The number of nitrogens with one attached hydrogen (secondary N) is 1. The van der Waals surface area contributed by atoms with Gasteiger partial charge in [0.25, 0.3) is 17.7 Å². The lowest BCUT2D eigenvalue weighted by Crippen LogP contribution is -2.31. The highest BCUT2D eigenvalue weighted by atomic mass is 32.1. The number of benzene rings is 1. The van der Waals surface area contributed by atoms with Crippen molar-refractivity contribution in [1.82, 2.24) is 15.1 Å². The summed E-state index contributed by atoms with van der Waals surface area (Å²) in [6, 6.07) is 4.49. The van der Waals surface area contributed by atoms with Crippen molar-refractivity contribution in [2.24, 2.45) is 0 Å². The molecule has 2 aromatic rings. The Bertz CT molecular complexity index is 954. The number of anilines is 1. The fourth-order valence-electron chi connectivity index (χ4n) is 3.36. The van der Waals surface area contributed by atoms with Crippen molar-refractivity contribution in [2.75, 3.05) is 32.2 Å². The fourth-order valence-corrected chi connectivity index (χ4v) is 4.18. The minimum atomic E-state index is -0.416. The van der Waals surface area contributed by atoms with Crippen LogP contribution in [0.15, 0.2) is 18.2 Å². The largest absolute Gasteiger partial charge is 0.385 e. The fraction of sp³-hybridized carbons (Fsp3) is 0.421. The molecule has 1 N–H and O–H groups in total. The highest BCUT2D eigenvalue weighted by Crippen LogP contribution is 2.32. The van der Waals surface area contributed by atoms with Crippen LogP contribution in [0.5, 0.6) is 0 Å². The van der Waals surface area contributed by atoms with Crippen LogP contribution in [0.1, 0.15) is 61.4 Å². The van der Waals surface area contributed by atoms with Crippen molar-refractivity contribution in [3.8, 4) is 0 Å². The van der Waals surface area contributed by atoms with E-state index in [-0.39, 0.29) is 29.7 Å². The number of imide groups is 1. The van der Waals surface area contributed by atoms with Crippen molar-refractivity contribution in [2.45, 2.75) is 25.4 Å². The lowest BCUT2D eigenvalue weighted by atomic mass is 10.1. The molecule has 3 heterocycles. The third kappa shape index (κ3) is 3.91. The van der Waals surface area contributed by atoms with E-state index >= 15 is 0 Å². The molecule has 1 saturated heterocycles. The van der Waals surface area contributed by atoms with Crippen LogP contribution < -0.4 is 5.32 Å². The second kappa shape index (κ2) is 8.36. The van der Waals surface area contributed by atoms with Crippen molar-refractivity contribution in [3.63, 3.8) is 0 Å². The number of methoxy groups -OCH3 is 1. The van der Waals surface area contributed by atoms with E-state index < -0.39 is 11.8 Å². The van der Waals surface area contributed by atoms with Crippen molar-refractivity contribution < 1.29 is 23.9 Å². The maximum Gasteiger partial charge on any atom is 0.261 e. The summed E-state index contributed by atoms with van der Waals surface area (Å²) >= 11 is 1.27. The number of hydrogen-bond donors (Lipinski definition) is 1. The summed E-state index contributed by atoms with van der Waals surface area (Å²) in [5.74, 6) is -1.16. The van der Waals surface area contributed by atoms with Gasteiger partial charge < -0.3 is 9.47 Å². The van der Waals surface area contributed by atoms with E-state index in [0.717, 1.165) is 17.8 Å². The molecule has 0 radical (unpaired) electrons. The Morgan fingerprint density at radius 3 is 2.90 bits per heavy atom. The van der Waals surface area contributed by atoms with Gasteiger partial charge in [-0.05, 0) is 37.5 Å². The van der Waals surface area contributed by atoms with Crippen molar-refractivity contribution in [3.05, 3.63) is 39.9 Å². The van der Waals surface area contributed by atoms with Crippen molar-refractivity contribution >= 4 is 34.2 Å². The molecule has 0 bridgehead atoms. The van der Waals surface area contributed by atoms with E-state index in [1.165, 1.54) is 34.4 Å². The Morgan fingerprint density at radius 1 is 1.31 bits per heavy atom. The predicted molar refractivity (Wildman–Crippen MR) is 104 cm³/mol. The van der Waals surface area contributed by atoms with Crippen molar-refractivity contribution in [1.29, 1.82) is 0 Å². The van der Waals surface area contributed by atoms with Gasteiger partial charge in [-0.15, -0.1) is 10.2 Å². The third-order valence-electron chi connectivity index (χ3n) is 4.83. The number of ether oxygens (including phenoxy) is 2. The molecule has 4 rings (SSSR count). The Hall–Kier alpha value is -2.69. The number of fused-ring (bicyclic) bond motifs is 1. The van der Waals surface area contributed by atoms with E-state index in [1.54, 1.807) is 7.11 Å². The van der Waals surface area contributed by atoms with Crippen LogP contribution in [0.4, 0.5) is 5.13 Å². The first kappa shape index (κ1) is 19.6. The minimum Gasteiger partial charge on any atom is -0.385 e. The average molecular weight is 416 g/mol. The zero-order chi connectivity index (χ0) is 20.4. The molecular weight excluding hydrogens is 396 g/mol. The number of carbonyl (C=O) groups excluding carboxylic acids is 3. The molecule has 1 unspecified atom stereocenters. The number of amides is 3. The zero-order valence-corrected chi connectivity index (χ0v) is 16.7. The lowest BCUT2D eigenvalue weighted by Gasteiger charge is -2.12. The van der Waals surface area contributed by atoms with Gasteiger partial charge in [-0.2, -0.15) is 0 Å². The number of rotatable bonds is 7. The lowest BCUT2D eigenvalue weighted by molar-refractivity contribution is 0.0638. The molecule has 2 aliphatic rings. The van der Waals surface area contributed by atoms with Gasteiger partial charge in [0, 0.05) is 32.4 Å². The van der Waals surface area contributed by atoms with Gasteiger partial charge >= 0.3 is 0 Å². The van der Waals surface area contributed by atoms with E-state index in [0.29, 0.717) is 30.3 Å². The second-order valence-corrected chi connectivity index (χ2v) is 7.78. The first-order chi connectivity index (χ1) is 14.1. The van der Waals surface area contributed by atoms with Gasteiger partial charge in [0.2, 0.25) is 5.13 Å². The molecule has 2 aliphatic heterocycles. The normalized spacial score (nSPS) is 18.4. The summed E-state index contributed by atoms with van der Waals surface area (Å²) in [5.41, 5.74) is 0.815. The van der Waals surface area contributed by atoms with E-state index in [9.17, 15) is 14.4 Å². The molecular formula is C19H20N4O5S. The van der Waals surface area contributed by atoms with Crippen LogP contribution >= 0.6 is 11.3 Å². The monoisotopic (exact) mass is 416 g/mol. The van der Waals surface area contributed by atoms with Crippen LogP contribution in [0.25, 0.3) is 0 Å². The van der Waals surface area contributed by atoms with Gasteiger partial charge in [0.15, 0.2) is 0 Å². The standard InChI is InChI=1S/C19H20N4O5S/c1-27-8-3-7-23-17(25)12-6-5-11(10-13(12)18(23)26)15(24)20-19-22-21-16(29-19)14-4-2-9-28-14/h5-6,10,14H,2-4,7-9H2,1H3,(H,20,22,24). The first-order valence-electron chi connectivity index (χ1n) is 9.34. The van der Waals surface area contributed by atoms with Crippen LogP contribution in [0.3, 0.4) is 0 Å². The summed E-state index contributed by atoms with van der Waals surface area (Å²) in [5, 5.41) is 11.9. The highest BCUT2D eigenvalue weighted by molar-refractivity contribution is 7.15. The quantitative estimate of drug-likeness (QED) is 0.544. The summed E-state index contributed by atoms with van der Waals surface area (Å²) in [6.07, 6.45) is 2.37. The minimum absolute atomic E-state index is 0.0640. The maximum absolute atomic E-state index is 12.6. The maximum atomic E-state index is 12.6. The Balaban J connectivity index is 1.46. The van der Waals surface area contributed by atoms with E-state index in [4.69, 9.17) is 9.47 Å². The molecule has 1 fully saturated rings. The molecule has 1 atom stereocenters. The molecule has 152 valence electrons. The van der Waals surface area contributed by atoms with E-state index in [1.807, 2.05) is 0 Å². The molecule has 0 aliphatic carbocycles. The Kier molecular flexibility index (Phi) is 5.65. The van der Waals surface area contributed by atoms with Gasteiger partial charge in [-0.25, -0.2) is 0 Å². The topological polar surface area (TPSA) is 111 Å². The Morgan fingerprint density at radius 2 is 2.14 bits per heavy atom. The van der Waals surface area contributed by atoms with Gasteiger partial charge in [0.1, 0.15) is 11.1 Å². The van der Waals surface area contributed by atoms with Crippen LogP contribution in [0.2, 0.25) is 0 Å². The zero-order valence-electron chi connectivity index (χ0n) is 15.8. The third-order valence-corrected chi connectivity index (χ3v) is 5.76. The number of hydrogen-bond acceptors (Lipinski definition) is 8. The molecule has 1 aromatic carbocycles. The van der Waals surface area contributed by atoms with Gasteiger partial charge in [-0.1, -0.05) is 11.3 Å². The molecule has 1 aromatic heterocycles. The molecule has 10 heteroatoms. The summed E-state index contributed by atoms with van der Waals surface area (Å²) < 4.78 is 10.5. The average Bonchev–Trinajstić information content (AvgIpc) is 3.45. The SMILES string of the molecule is COCCCN1C(=O)c2ccc(C(=O)Nc3nnc(C4CCCO4)s3)cc2C1=O. The molecule has 29 heavy (non-hydrogen) atoms. The highest BCUT2D eigenvalue weighted by Gasteiger charge is 2.35. The predicted octanol–water partition coefficient (Wildman–Crippen LogP) is 2.27. The molecule has 0 saturated carbocycles. The Labute approximate surface area is 171 Å². The molecule has 9 nitrogen and oxygen atoms in total. The number of aromatic nitrogens is 2. The number of nitrogens with zero attached hydrogens (tertiary/aromatic N) is 3. The summed E-state index contributed by atoms with van der Waals surface area (Å²) in [7, 11) is 1.56. The van der Waals surface area contributed by atoms with Crippen LogP contribution in [-0.4, -0.2) is 59.7 Å². The van der Waals surface area contributed by atoms with Gasteiger partial charge in [-0.3, -0.25) is 24.6 Å². The smallest absolute Gasteiger partial charge is 0.261 e. The number of carbonyl (C=O) groups is 3. The van der Waals surface area contributed by atoms with Crippen LogP contribution in [0, 0.1) is 0 Å². The summed E-state index contributed by atoms with van der Waals surface area (Å²) in [6.45, 7) is 1.44. The first-order valence-corrected chi connectivity index (χ1v) is 10.2. The van der Waals surface area contributed by atoms with Gasteiger partial charge in [0.05, 0.1) is 11.1 Å². The molecule has 0 spiro atoms.